The van der Waals surface area contributed by atoms with Crippen molar-refractivity contribution in [2.24, 2.45) is 0 Å². The average molecular weight is 294 g/mol. The molecule has 0 atom stereocenters. The molecule has 0 N–H and O–H groups in total. The highest BCUT2D eigenvalue weighted by atomic mass is 35.5. The maximum atomic E-state index is 13.7. The SMILES string of the molecule is COc1cc2c(-c3cnc(C)o3)nc(Cl)nc2cc1F. The minimum absolute atomic E-state index is 0.00567. The van der Waals surface area contributed by atoms with Gasteiger partial charge in [0.1, 0.15) is 5.69 Å². The molecule has 3 rings (SSSR count). The molecule has 7 heteroatoms. The fourth-order valence-corrected chi connectivity index (χ4v) is 2.09. The van der Waals surface area contributed by atoms with Crippen LogP contribution in [-0.2, 0) is 0 Å². The van der Waals surface area contributed by atoms with Crippen molar-refractivity contribution in [3.63, 3.8) is 0 Å². The number of fused-ring (bicyclic) bond motifs is 1. The van der Waals surface area contributed by atoms with E-state index in [1.54, 1.807) is 6.92 Å². The molecule has 102 valence electrons. The zero-order valence-corrected chi connectivity index (χ0v) is 11.4. The van der Waals surface area contributed by atoms with Crippen molar-refractivity contribution in [2.45, 2.75) is 6.92 Å². The van der Waals surface area contributed by atoms with Gasteiger partial charge in [-0.1, -0.05) is 0 Å². The number of methoxy groups -OCH3 is 1. The number of rotatable bonds is 2. The first kappa shape index (κ1) is 12.8. The number of halogens is 2. The van der Waals surface area contributed by atoms with Crippen LogP contribution in [0.5, 0.6) is 5.75 Å². The van der Waals surface area contributed by atoms with Crippen LogP contribution in [0.2, 0.25) is 5.28 Å². The Bertz CT molecular complexity index is 804. The molecule has 5 nitrogen and oxygen atoms in total. The summed E-state index contributed by atoms with van der Waals surface area (Å²) in [6.07, 6.45) is 1.53. The molecule has 1 aromatic carbocycles. The molecule has 0 unspecified atom stereocenters. The van der Waals surface area contributed by atoms with Crippen LogP contribution >= 0.6 is 11.6 Å². The fourth-order valence-electron chi connectivity index (χ4n) is 1.92. The van der Waals surface area contributed by atoms with Crippen LogP contribution in [0.1, 0.15) is 5.89 Å². The van der Waals surface area contributed by atoms with E-state index in [2.05, 4.69) is 15.0 Å². The quantitative estimate of drug-likeness (QED) is 0.678. The lowest BCUT2D eigenvalue weighted by molar-refractivity contribution is 0.387. The fraction of sp³-hybridized carbons (Fsp3) is 0.154. The minimum Gasteiger partial charge on any atom is -0.494 e. The smallest absolute Gasteiger partial charge is 0.223 e. The predicted octanol–water partition coefficient (Wildman–Crippen LogP) is 3.39. The van der Waals surface area contributed by atoms with Gasteiger partial charge in [0, 0.05) is 18.4 Å². The van der Waals surface area contributed by atoms with Gasteiger partial charge in [-0.05, 0) is 17.7 Å². The Balaban J connectivity index is 2.35. The highest BCUT2D eigenvalue weighted by molar-refractivity contribution is 6.28. The van der Waals surface area contributed by atoms with E-state index in [1.165, 1.54) is 25.4 Å². The third-order valence-corrected chi connectivity index (χ3v) is 2.97. The van der Waals surface area contributed by atoms with Gasteiger partial charge < -0.3 is 9.15 Å². The molecule has 20 heavy (non-hydrogen) atoms. The van der Waals surface area contributed by atoms with Crippen LogP contribution in [0, 0.1) is 12.7 Å². The Hall–Kier alpha value is -2.21. The van der Waals surface area contributed by atoms with Crippen LogP contribution in [-0.4, -0.2) is 22.1 Å². The molecule has 0 radical (unpaired) electrons. The van der Waals surface area contributed by atoms with E-state index in [0.717, 1.165) is 0 Å². The summed E-state index contributed by atoms with van der Waals surface area (Å²) >= 11 is 5.87. The van der Waals surface area contributed by atoms with Crippen molar-refractivity contribution in [2.75, 3.05) is 7.11 Å². The lowest BCUT2D eigenvalue weighted by Gasteiger charge is -2.07. The molecule has 0 fully saturated rings. The summed E-state index contributed by atoms with van der Waals surface area (Å²) in [5, 5.41) is 0.579. The minimum atomic E-state index is -0.519. The average Bonchev–Trinajstić information content (AvgIpc) is 2.83. The van der Waals surface area contributed by atoms with Crippen LogP contribution in [0.3, 0.4) is 0 Å². The molecule has 0 aliphatic rings. The van der Waals surface area contributed by atoms with Gasteiger partial charge in [0.05, 0.1) is 18.8 Å². The molecule has 0 saturated carbocycles. The monoisotopic (exact) mass is 293 g/mol. The van der Waals surface area contributed by atoms with Gasteiger partial charge in [0.2, 0.25) is 5.28 Å². The van der Waals surface area contributed by atoms with Crippen LogP contribution < -0.4 is 4.74 Å². The van der Waals surface area contributed by atoms with E-state index in [0.29, 0.717) is 28.2 Å². The Kier molecular flexibility index (Phi) is 3.02. The van der Waals surface area contributed by atoms with Crippen LogP contribution in [0.25, 0.3) is 22.4 Å². The summed E-state index contributed by atoms with van der Waals surface area (Å²) < 4.78 is 24.1. The van der Waals surface area contributed by atoms with Crippen LogP contribution in [0.15, 0.2) is 22.7 Å². The number of aromatic nitrogens is 3. The van der Waals surface area contributed by atoms with Crippen LogP contribution in [0.4, 0.5) is 4.39 Å². The van der Waals surface area contributed by atoms with Crippen molar-refractivity contribution >= 4 is 22.5 Å². The predicted molar refractivity (Wildman–Crippen MR) is 71.3 cm³/mol. The molecular weight excluding hydrogens is 285 g/mol. The maximum absolute atomic E-state index is 13.7. The molecule has 0 spiro atoms. The molecule has 0 amide bonds. The molecule has 2 aromatic heterocycles. The van der Waals surface area contributed by atoms with E-state index in [4.69, 9.17) is 20.8 Å². The van der Waals surface area contributed by atoms with E-state index >= 15 is 0 Å². The Morgan fingerprint density at radius 1 is 1.30 bits per heavy atom. The van der Waals surface area contributed by atoms with E-state index in [1.807, 2.05) is 0 Å². The van der Waals surface area contributed by atoms with Crippen molar-refractivity contribution in [3.8, 4) is 17.2 Å². The lowest BCUT2D eigenvalue weighted by Crippen LogP contribution is -1.94. The number of hydrogen-bond donors (Lipinski definition) is 0. The first-order valence-corrected chi connectivity index (χ1v) is 6.10. The standard InChI is InChI=1S/C13H9ClFN3O2/c1-6-16-5-11(20-6)12-7-3-10(19-2)8(15)4-9(7)17-13(14)18-12/h3-5H,1-2H3. The van der Waals surface area contributed by atoms with Crippen molar-refractivity contribution in [3.05, 3.63) is 35.3 Å². The molecule has 2 heterocycles. The number of ether oxygens (including phenoxy) is 1. The van der Waals surface area contributed by atoms with Gasteiger partial charge in [-0.15, -0.1) is 0 Å². The number of nitrogens with zero attached hydrogens (tertiary/aromatic N) is 3. The molecule has 0 aliphatic carbocycles. The zero-order valence-electron chi connectivity index (χ0n) is 10.6. The summed E-state index contributed by atoms with van der Waals surface area (Å²) in [7, 11) is 1.39. The van der Waals surface area contributed by atoms with Gasteiger partial charge >= 0.3 is 0 Å². The Labute approximate surface area is 118 Å². The third kappa shape index (κ3) is 2.08. The van der Waals surface area contributed by atoms with E-state index in [-0.39, 0.29) is 11.0 Å². The molecule has 0 bridgehead atoms. The lowest BCUT2D eigenvalue weighted by atomic mass is 10.1. The number of benzene rings is 1. The van der Waals surface area contributed by atoms with Gasteiger partial charge in [0.15, 0.2) is 23.2 Å². The highest BCUT2D eigenvalue weighted by Crippen LogP contribution is 2.31. The van der Waals surface area contributed by atoms with Crippen molar-refractivity contribution < 1.29 is 13.5 Å². The first-order chi connectivity index (χ1) is 9.58. The first-order valence-electron chi connectivity index (χ1n) is 5.72. The maximum Gasteiger partial charge on any atom is 0.223 e. The number of aryl methyl sites for hydroxylation is 1. The summed E-state index contributed by atoms with van der Waals surface area (Å²) in [4.78, 5) is 12.1. The highest BCUT2D eigenvalue weighted by Gasteiger charge is 2.16. The second-order valence-electron chi connectivity index (χ2n) is 4.09. The van der Waals surface area contributed by atoms with Gasteiger partial charge in [-0.2, -0.15) is 0 Å². The normalized spacial score (nSPS) is 11.0. The Morgan fingerprint density at radius 3 is 2.75 bits per heavy atom. The van der Waals surface area contributed by atoms with Gasteiger partial charge in [0.25, 0.3) is 0 Å². The van der Waals surface area contributed by atoms with Crippen molar-refractivity contribution in [1.29, 1.82) is 0 Å². The number of hydrogen-bond acceptors (Lipinski definition) is 5. The van der Waals surface area contributed by atoms with E-state index in [9.17, 15) is 4.39 Å². The molecule has 3 aromatic rings. The third-order valence-electron chi connectivity index (χ3n) is 2.80. The van der Waals surface area contributed by atoms with Crippen molar-refractivity contribution in [1.82, 2.24) is 15.0 Å². The zero-order chi connectivity index (χ0) is 14.3. The van der Waals surface area contributed by atoms with Gasteiger partial charge in [-0.25, -0.2) is 19.3 Å². The number of oxazole rings is 1. The summed E-state index contributed by atoms with van der Waals surface area (Å²) in [6, 6.07) is 2.75. The Morgan fingerprint density at radius 2 is 2.10 bits per heavy atom. The topological polar surface area (TPSA) is 61.0 Å². The second kappa shape index (κ2) is 4.72. The summed E-state index contributed by atoms with van der Waals surface area (Å²) in [5.74, 6) is 0.512. The molecule has 0 saturated heterocycles. The van der Waals surface area contributed by atoms with E-state index < -0.39 is 5.82 Å². The summed E-state index contributed by atoms with van der Waals surface area (Å²) in [5.41, 5.74) is 0.811. The molecule has 0 aliphatic heterocycles. The second-order valence-corrected chi connectivity index (χ2v) is 4.43. The summed E-state index contributed by atoms with van der Waals surface area (Å²) in [6.45, 7) is 1.72. The largest absolute Gasteiger partial charge is 0.494 e. The van der Waals surface area contributed by atoms with Gasteiger partial charge in [-0.3, -0.25) is 0 Å². The molecular formula is C13H9ClFN3O2.